The van der Waals surface area contributed by atoms with Gasteiger partial charge in [-0.2, -0.15) is 0 Å². The van der Waals surface area contributed by atoms with Crippen LogP contribution in [0.1, 0.15) is 12.6 Å². The lowest BCUT2D eigenvalue weighted by molar-refractivity contribution is 0.251. The largest absolute Gasteiger partial charge is 0.329 e. The van der Waals surface area contributed by atoms with Crippen LogP contribution >= 0.6 is 0 Å². The zero-order valence-corrected chi connectivity index (χ0v) is 11.2. The second kappa shape index (κ2) is 5.20. The lowest BCUT2D eigenvalue weighted by Crippen LogP contribution is -2.37. The van der Waals surface area contributed by atoms with E-state index in [2.05, 4.69) is 37.0 Å². The van der Waals surface area contributed by atoms with Crippen molar-refractivity contribution >= 4 is 0 Å². The van der Waals surface area contributed by atoms with E-state index in [1.54, 1.807) is 23.4 Å². The number of hydrogen-bond donors (Lipinski definition) is 0. The van der Waals surface area contributed by atoms with Crippen molar-refractivity contribution in [3.8, 4) is 0 Å². The van der Waals surface area contributed by atoms with Crippen molar-refractivity contribution in [2.75, 3.05) is 0 Å². The highest BCUT2D eigenvalue weighted by molar-refractivity contribution is 5.08. The number of imidazole rings is 1. The Kier molecular flexibility index (Phi) is 3.24. The van der Waals surface area contributed by atoms with Gasteiger partial charge in [0.2, 0.25) is 0 Å². The minimum Gasteiger partial charge on any atom is -0.329 e. The molecule has 0 aliphatic carbocycles. The Balaban J connectivity index is 1.91. The van der Waals surface area contributed by atoms with Crippen LogP contribution in [0.3, 0.4) is 0 Å². The molecule has 3 aromatic rings. The van der Waals surface area contributed by atoms with Crippen LogP contribution in [-0.4, -0.2) is 34.7 Å². The Bertz CT molecular complexity index is 633. The molecule has 0 saturated heterocycles. The number of nitrogens with zero attached hydrogens (tertiary/aromatic N) is 7. The summed E-state index contributed by atoms with van der Waals surface area (Å²) in [6.45, 7) is 2.79. The SMILES string of the molecule is CC(Cc1ccccn1)(Cn1cnnn1)n1ccnc1. The normalized spacial score (nSPS) is 14.1. The third-order valence-corrected chi connectivity index (χ3v) is 3.31. The molecule has 3 aromatic heterocycles. The minimum absolute atomic E-state index is 0.236. The van der Waals surface area contributed by atoms with E-state index in [0.29, 0.717) is 6.54 Å². The van der Waals surface area contributed by atoms with Crippen LogP contribution in [0.15, 0.2) is 49.4 Å². The standard InChI is InChI=1S/C13H15N7/c1-13(19-7-6-14-10-19,9-20-11-16-17-18-20)8-12-4-2-3-5-15-12/h2-7,10-11H,8-9H2,1H3. The lowest BCUT2D eigenvalue weighted by Gasteiger charge is -2.30. The van der Waals surface area contributed by atoms with Crippen LogP contribution < -0.4 is 0 Å². The topological polar surface area (TPSA) is 74.3 Å². The van der Waals surface area contributed by atoms with Crippen molar-refractivity contribution in [1.29, 1.82) is 0 Å². The Morgan fingerprint density at radius 2 is 2.15 bits per heavy atom. The van der Waals surface area contributed by atoms with Crippen molar-refractivity contribution in [3.63, 3.8) is 0 Å². The van der Waals surface area contributed by atoms with Gasteiger partial charge in [-0.25, -0.2) is 9.67 Å². The van der Waals surface area contributed by atoms with Gasteiger partial charge in [-0.1, -0.05) is 6.07 Å². The molecular formula is C13H15N7. The van der Waals surface area contributed by atoms with Crippen LogP contribution in [0.4, 0.5) is 0 Å². The number of tetrazole rings is 1. The molecule has 0 fully saturated rings. The van der Waals surface area contributed by atoms with E-state index in [4.69, 9.17) is 0 Å². The number of hydrogen-bond acceptors (Lipinski definition) is 5. The second-order valence-corrected chi connectivity index (χ2v) is 4.97. The van der Waals surface area contributed by atoms with Crippen LogP contribution in [0.5, 0.6) is 0 Å². The van der Waals surface area contributed by atoms with E-state index in [1.807, 2.05) is 30.7 Å². The van der Waals surface area contributed by atoms with Crippen LogP contribution in [0.2, 0.25) is 0 Å². The summed E-state index contributed by atoms with van der Waals surface area (Å²) in [5.41, 5.74) is 0.789. The van der Waals surface area contributed by atoms with Crippen molar-refractivity contribution < 1.29 is 0 Å². The third kappa shape index (κ3) is 2.56. The molecule has 7 heteroatoms. The molecule has 0 amide bonds. The van der Waals surface area contributed by atoms with Gasteiger partial charge in [-0.3, -0.25) is 4.98 Å². The highest BCUT2D eigenvalue weighted by Gasteiger charge is 2.28. The summed E-state index contributed by atoms with van der Waals surface area (Å²) in [6.07, 6.45) is 9.73. The van der Waals surface area contributed by atoms with Crippen molar-refractivity contribution in [2.24, 2.45) is 0 Å². The Hall–Kier alpha value is -2.57. The molecule has 0 N–H and O–H groups in total. The maximum atomic E-state index is 4.41. The third-order valence-electron chi connectivity index (χ3n) is 3.31. The van der Waals surface area contributed by atoms with Gasteiger partial charge in [0.1, 0.15) is 6.33 Å². The second-order valence-electron chi connectivity index (χ2n) is 4.97. The number of aromatic nitrogens is 7. The Morgan fingerprint density at radius 3 is 2.80 bits per heavy atom. The zero-order valence-electron chi connectivity index (χ0n) is 11.2. The summed E-state index contributed by atoms with van der Waals surface area (Å²) >= 11 is 0. The fourth-order valence-corrected chi connectivity index (χ4v) is 2.30. The van der Waals surface area contributed by atoms with Gasteiger partial charge in [0, 0.05) is 30.7 Å². The molecule has 3 heterocycles. The Labute approximate surface area is 116 Å². The lowest BCUT2D eigenvalue weighted by atomic mass is 9.95. The van der Waals surface area contributed by atoms with Gasteiger partial charge in [-0.05, 0) is 29.5 Å². The molecule has 1 unspecified atom stereocenters. The first-order valence-electron chi connectivity index (χ1n) is 6.35. The molecule has 0 radical (unpaired) electrons. The van der Waals surface area contributed by atoms with E-state index < -0.39 is 0 Å². The molecule has 7 nitrogen and oxygen atoms in total. The molecular weight excluding hydrogens is 254 g/mol. The van der Waals surface area contributed by atoms with Gasteiger partial charge in [-0.15, -0.1) is 5.10 Å². The van der Waals surface area contributed by atoms with Crippen LogP contribution in [-0.2, 0) is 18.5 Å². The molecule has 0 aliphatic rings. The first kappa shape index (κ1) is 12.5. The van der Waals surface area contributed by atoms with Gasteiger partial charge in [0.25, 0.3) is 0 Å². The maximum absolute atomic E-state index is 4.41. The number of pyridine rings is 1. The van der Waals surface area contributed by atoms with Gasteiger partial charge in [0.05, 0.1) is 18.4 Å². The predicted octanol–water partition coefficient (Wildman–Crippen LogP) is 0.923. The summed E-state index contributed by atoms with van der Waals surface area (Å²) in [6, 6.07) is 5.93. The summed E-state index contributed by atoms with van der Waals surface area (Å²) in [5, 5.41) is 11.3. The van der Waals surface area contributed by atoms with E-state index in [0.717, 1.165) is 12.1 Å². The first-order valence-corrected chi connectivity index (χ1v) is 6.35. The molecule has 3 rings (SSSR count). The molecule has 102 valence electrons. The van der Waals surface area contributed by atoms with Gasteiger partial charge >= 0.3 is 0 Å². The van der Waals surface area contributed by atoms with Crippen LogP contribution in [0.25, 0.3) is 0 Å². The van der Waals surface area contributed by atoms with Gasteiger partial charge in [0.15, 0.2) is 0 Å². The predicted molar refractivity (Wildman–Crippen MR) is 71.6 cm³/mol. The molecule has 0 spiro atoms. The fourth-order valence-electron chi connectivity index (χ4n) is 2.30. The van der Waals surface area contributed by atoms with E-state index in [9.17, 15) is 0 Å². The van der Waals surface area contributed by atoms with E-state index in [1.165, 1.54) is 0 Å². The average Bonchev–Trinajstić information content (AvgIpc) is 3.12. The van der Waals surface area contributed by atoms with Crippen molar-refractivity contribution in [2.45, 2.75) is 25.4 Å². The molecule has 20 heavy (non-hydrogen) atoms. The maximum Gasteiger partial charge on any atom is 0.138 e. The van der Waals surface area contributed by atoms with Crippen LogP contribution in [0, 0.1) is 0 Å². The van der Waals surface area contributed by atoms with E-state index >= 15 is 0 Å². The summed E-state index contributed by atoms with van der Waals surface area (Å²) in [5.74, 6) is 0. The molecule has 0 aliphatic heterocycles. The fraction of sp³-hybridized carbons (Fsp3) is 0.308. The minimum atomic E-state index is -0.236. The number of rotatable bonds is 5. The van der Waals surface area contributed by atoms with Crippen molar-refractivity contribution in [3.05, 3.63) is 55.1 Å². The van der Waals surface area contributed by atoms with Gasteiger partial charge < -0.3 is 4.57 Å². The van der Waals surface area contributed by atoms with Crippen molar-refractivity contribution in [1.82, 2.24) is 34.7 Å². The smallest absolute Gasteiger partial charge is 0.138 e. The average molecular weight is 269 g/mol. The Morgan fingerprint density at radius 1 is 1.20 bits per heavy atom. The first-order chi connectivity index (χ1) is 9.76. The molecule has 0 saturated carbocycles. The van der Waals surface area contributed by atoms with E-state index in [-0.39, 0.29) is 5.54 Å². The summed E-state index contributed by atoms with van der Waals surface area (Å²) < 4.78 is 3.80. The highest BCUT2D eigenvalue weighted by Crippen LogP contribution is 2.22. The zero-order chi connectivity index (χ0) is 13.8. The monoisotopic (exact) mass is 269 g/mol. The molecule has 0 bridgehead atoms. The highest BCUT2D eigenvalue weighted by atomic mass is 15.5. The quantitative estimate of drug-likeness (QED) is 0.688. The molecule has 0 aromatic carbocycles. The molecule has 1 atom stereocenters. The summed E-state index contributed by atoms with van der Waals surface area (Å²) in [4.78, 5) is 8.55. The summed E-state index contributed by atoms with van der Waals surface area (Å²) in [7, 11) is 0.